The van der Waals surface area contributed by atoms with Crippen molar-refractivity contribution >= 4 is 52.5 Å². The molecule has 0 bridgehead atoms. The van der Waals surface area contributed by atoms with E-state index in [0.717, 1.165) is 10.5 Å². The third kappa shape index (κ3) is 6.15. The summed E-state index contributed by atoms with van der Waals surface area (Å²) in [6.45, 7) is 3.78. The molecule has 3 N–H and O–H groups in total. The molecule has 0 spiro atoms. The average molecular weight is 483 g/mol. The van der Waals surface area contributed by atoms with Crippen LogP contribution in [0.15, 0.2) is 71.6 Å². The minimum absolute atomic E-state index is 0.0699. The predicted molar refractivity (Wildman–Crippen MR) is 133 cm³/mol. The van der Waals surface area contributed by atoms with E-state index in [4.69, 9.17) is 11.6 Å². The van der Waals surface area contributed by atoms with Gasteiger partial charge >= 0.3 is 5.97 Å². The molecule has 0 aliphatic heterocycles. The second kappa shape index (κ2) is 11.0. The number of hydrogen-bond donors (Lipinski definition) is 3. The van der Waals surface area contributed by atoms with Crippen LogP contribution < -0.4 is 10.6 Å². The average Bonchev–Trinajstić information content (AvgIpc) is 2.80. The number of carbonyl (C=O) groups excluding carboxylic acids is 2. The number of amides is 2. The van der Waals surface area contributed by atoms with Crippen LogP contribution in [0.2, 0.25) is 5.02 Å². The highest BCUT2D eigenvalue weighted by Gasteiger charge is 2.20. The van der Waals surface area contributed by atoms with Crippen molar-refractivity contribution in [1.29, 1.82) is 0 Å². The number of rotatable bonds is 8. The fourth-order valence-electron chi connectivity index (χ4n) is 3.16. The molecule has 33 heavy (non-hydrogen) atoms. The van der Waals surface area contributed by atoms with Gasteiger partial charge < -0.3 is 15.7 Å². The van der Waals surface area contributed by atoms with Gasteiger partial charge in [-0.05, 0) is 61.4 Å². The van der Waals surface area contributed by atoms with Gasteiger partial charge in [0.1, 0.15) is 0 Å². The first kappa shape index (κ1) is 24.4. The molecular formula is C25H23ClN2O4S. The molecule has 170 valence electrons. The molecule has 0 saturated heterocycles. The molecule has 2 amide bonds. The molecule has 1 unspecified atom stereocenters. The zero-order chi connectivity index (χ0) is 24.0. The highest BCUT2D eigenvalue weighted by Crippen LogP contribution is 2.30. The first-order valence-electron chi connectivity index (χ1n) is 10.3. The van der Waals surface area contributed by atoms with Crippen molar-refractivity contribution in [3.05, 3.63) is 88.4 Å². The molecule has 0 aliphatic rings. The lowest BCUT2D eigenvalue weighted by Crippen LogP contribution is -2.25. The number of carbonyl (C=O) groups is 3. The zero-order valence-electron chi connectivity index (χ0n) is 18.1. The highest BCUT2D eigenvalue weighted by molar-refractivity contribution is 8.00. The predicted octanol–water partition coefficient (Wildman–Crippen LogP) is 6.11. The SMILES string of the molecule is CCC(Sc1cccc(NC(=O)c2ccccc2C(=O)O)c1)C(=O)Nc1cccc(Cl)c1C. The topological polar surface area (TPSA) is 95.5 Å². The summed E-state index contributed by atoms with van der Waals surface area (Å²) in [6, 6.07) is 18.5. The molecule has 3 rings (SSSR count). The van der Waals surface area contributed by atoms with E-state index < -0.39 is 11.9 Å². The van der Waals surface area contributed by atoms with Crippen LogP contribution >= 0.6 is 23.4 Å². The van der Waals surface area contributed by atoms with Crippen LogP contribution in [0.3, 0.4) is 0 Å². The number of anilines is 2. The van der Waals surface area contributed by atoms with Crippen molar-refractivity contribution < 1.29 is 19.5 Å². The van der Waals surface area contributed by atoms with E-state index in [0.29, 0.717) is 22.8 Å². The number of nitrogens with one attached hydrogen (secondary N) is 2. The van der Waals surface area contributed by atoms with Gasteiger partial charge in [-0.25, -0.2) is 4.79 Å². The smallest absolute Gasteiger partial charge is 0.336 e. The van der Waals surface area contributed by atoms with Crippen LogP contribution in [-0.2, 0) is 4.79 Å². The molecule has 0 fully saturated rings. The second-order valence-electron chi connectivity index (χ2n) is 7.25. The van der Waals surface area contributed by atoms with Gasteiger partial charge in [-0.3, -0.25) is 9.59 Å². The minimum Gasteiger partial charge on any atom is -0.478 e. The lowest BCUT2D eigenvalue weighted by atomic mass is 10.1. The maximum absolute atomic E-state index is 12.9. The lowest BCUT2D eigenvalue weighted by Gasteiger charge is -2.17. The Morgan fingerprint density at radius 3 is 2.36 bits per heavy atom. The molecule has 0 radical (unpaired) electrons. The van der Waals surface area contributed by atoms with Gasteiger partial charge in [0.25, 0.3) is 5.91 Å². The Bertz CT molecular complexity index is 1200. The molecule has 0 aliphatic carbocycles. The monoisotopic (exact) mass is 482 g/mol. The molecule has 6 nitrogen and oxygen atoms in total. The largest absolute Gasteiger partial charge is 0.478 e. The van der Waals surface area contributed by atoms with Crippen LogP contribution in [-0.4, -0.2) is 28.1 Å². The Morgan fingerprint density at radius 2 is 1.67 bits per heavy atom. The molecular weight excluding hydrogens is 460 g/mol. The standard InChI is InChI=1S/C25H23ClN2O4S/c1-3-22(24(30)28-21-13-7-12-20(26)15(21)2)33-17-9-6-8-16(14-17)27-23(29)18-10-4-5-11-19(18)25(31)32/h4-14,22H,3H2,1-2H3,(H,27,29)(H,28,30)(H,31,32). The fraction of sp³-hybridized carbons (Fsp3) is 0.160. The van der Waals surface area contributed by atoms with Gasteiger partial charge in [0.15, 0.2) is 0 Å². The van der Waals surface area contributed by atoms with Crippen LogP contribution in [0.5, 0.6) is 0 Å². The number of carboxylic acid groups (broad SMARTS) is 1. The number of benzene rings is 3. The summed E-state index contributed by atoms with van der Waals surface area (Å²) in [6.07, 6.45) is 0.596. The molecule has 8 heteroatoms. The Hall–Kier alpha value is -3.29. The van der Waals surface area contributed by atoms with E-state index in [-0.39, 0.29) is 22.3 Å². The Kier molecular flexibility index (Phi) is 8.14. The first-order chi connectivity index (χ1) is 15.8. The normalized spacial score (nSPS) is 11.5. The number of thioether (sulfide) groups is 1. The van der Waals surface area contributed by atoms with Crippen molar-refractivity contribution in [2.45, 2.75) is 30.4 Å². The number of hydrogen-bond acceptors (Lipinski definition) is 4. The Labute approximate surface area is 201 Å². The van der Waals surface area contributed by atoms with Gasteiger partial charge in [-0.15, -0.1) is 11.8 Å². The fourth-order valence-corrected chi connectivity index (χ4v) is 4.34. The third-order valence-electron chi connectivity index (χ3n) is 4.96. The maximum atomic E-state index is 12.9. The summed E-state index contributed by atoms with van der Waals surface area (Å²) in [7, 11) is 0. The van der Waals surface area contributed by atoms with E-state index in [2.05, 4.69) is 10.6 Å². The first-order valence-corrected chi connectivity index (χ1v) is 11.5. The van der Waals surface area contributed by atoms with E-state index in [1.54, 1.807) is 42.5 Å². The van der Waals surface area contributed by atoms with Crippen LogP contribution in [0.25, 0.3) is 0 Å². The molecule has 1 atom stereocenters. The van der Waals surface area contributed by atoms with E-state index >= 15 is 0 Å². The van der Waals surface area contributed by atoms with Gasteiger partial charge in [0.05, 0.1) is 16.4 Å². The lowest BCUT2D eigenvalue weighted by molar-refractivity contribution is -0.115. The molecule has 0 heterocycles. The van der Waals surface area contributed by atoms with Crippen LogP contribution in [0.4, 0.5) is 11.4 Å². The van der Waals surface area contributed by atoms with Crippen molar-refractivity contribution in [3.63, 3.8) is 0 Å². The van der Waals surface area contributed by atoms with Crippen molar-refractivity contribution in [3.8, 4) is 0 Å². The molecule has 0 saturated carbocycles. The van der Waals surface area contributed by atoms with E-state index in [1.165, 1.54) is 23.9 Å². The van der Waals surface area contributed by atoms with E-state index in [1.807, 2.05) is 26.0 Å². The minimum atomic E-state index is -1.17. The summed E-state index contributed by atoms with van der Waals surface area (Å²) in [4.78, 5) is 37.7. The summed E-state index contributed by atoms with van der Waals surface area (Å²) in [5, 5.41) is 15.2. The van der Waals surface area contributed by atoms with Crippen molar-refractivity contribution in [2.24, 2.45) is 0 Å². The molecule has 0 aromatic heterocycles. The van der Waals surface area contributed by atoms with Gasteiger partial charge in [0.2, 0.25) is 5.91 Å². The Morgan fingerprint density at radius 1 is 0.970 bits per heavy atom. The quantitative estimate of drug-likeness (QED) is 0.337. The molecule has 3 aromatic carbocycles. The van der Waals surface area contributed by atoms with Crippen molar-refractivity contribution in [1.82, 2.24) is 0 Å². The maximum Gasteiger partial charge on any atom is 0.336 e. The van der Waals surface area contributed by atoms with Crippen LogP contribution in [0.1, 0.15) is 39.6 Å². The number of carboxylic acids is 1. The highest BCUT2D eigenvalue weighted by atomic mass is 35.5. The summed E-state index contributed by atoms with van der Waals surface area (Å²) in [5.41, 5.74) is 1.99. The van der Waals surface area contributed by atoms with Gasteiger partial charge in [-0.1, -0.05) is 42.8 Å². The summed E-state index contributed by atoms with van der Waals surface area (Å²) in [5.74, 6) is -1.83. The van der Waals surface area contributed by atoms with Crippen molar-refractivity contribution in [2.75, 3.05) is 10.6 Å². The second-order valence-corrected chi connectivity index (χ2v) is 8.93. The van der Waals surface area contributed by atoms with Crippen LogP contribution in [0, 0.1) is 6.92 Å². The summed E-state index contributed by atoms with van der Waals surface area (Å²) < 4.78 is 0. The third-order valence-corrected chi connectivity index (χ3v) is 6.73. The number of halogens is 1. The van der Waals surface area contributed by atoms with Gasteiger partial charge in [-0.2, -0.15) is 0 Å². The molecule has 3 aromatic rings. The summed E-state index contributed by atoms with van der Waals surface area (Å²) >= 11 is 7.53. The number of aromatic carboxylic acids is 1. The Balaban J connectivity index is 1.72. The van der Waals surface area contributed by atoms with E-state index in [9.17, 15) is 19.5 Å². The van der Waals surface area contributed by atoms with Gasteiger partial charge in [0, 0.05) is 21.3 Å². The zero-order valence-corrected chi connectivity index (χ0v) is 19.7.